The van der Waals surface area contributed by atoms with Crippen LogP contribution in [0.25, 0.3) is 0 Å². The molecule has 0 saturated carbocycles. The van der Waals surface area contributed by atoms with Crippen molar-refractivity contribution in [1.82, 2.24) is 15.0 Å². The first-order valence-corrected chi connectivity index (χ1v) is 6.25. The summed E-state index contributed by atoms with van der Waals surface area (Å²) in [4.78, 5) is 11.7. The fourth-order valence-electron chi connectivity index (χ4n) is 1.33. The number of carboxylic acid groups (broad SMARTS) is 1. The van der Waals surface area contributed by atoms with Crippen molar-refractivity contribution in [2.24, 2.45) is 0 Å². The predicted molar refractivity (Wildman–Crippen MR) is 68.6 cm³/mol. The number of aryl methyl sites for hydroxylation is 1. The maximum absolute atomic E-state index is 10.6. The van der Waals surface area contributed by atoms with E-state index in [2.05, 4.69) is 10.3 Å². The molecule has 1 heterocycles. The first-order chi connectivity index (χ1) is 8.65. The summed E-state index contributed by atoms with van der Waals surface area (Å²) in [6.07, 6.45) is 1.42. The van der Waals surface area contributed by atoms with Gasteiger partial charge in [0.15, 0.2) is 5.69 Å². The minimum absolute atomic E-state index is 0.0347. The summed E-state index contributed by atoms with van der Waals surface area (Å²) in [5.41, 5.74) is 6.29. The van der Waals surface area contributed by atoms with Gasteiger partial charge in [-0.25, -0.2) is 4.79 Å². The first kappa shape index (κ1) is 12.4. The zero-order valence-electron chi connectivity index (χ0n) is 9.48. The van der Waals surface area contributed by atoms with Crippen molar-refractivity contribution >= 4 is 23.4 Å². The van der Waals surface area contributed by atoms with Gasteiger partial charge in [0.05, 0.1) is 12.7 Å². The Kier molecular flexibility index (Phi) is 3.83. The monoisotopic (exact) mass is 264 g/mol. The van der Waals surface area contributed by atoms with Crippen LogP contribution in [0.15, 0.2) is 35.4 Å². The van der Waals surface area contributed by atoms with Crippen LogP contribution in [0.5, 0.6) is 0 Å². The Bertz CT molecular complexity index is 538. The van der Waals surface area contributed by atoms with Gasteiger partial charge in [0.25, 0.3) is 0 Å². The lowest BCUT2D eigenvalue weighted by atomic mass is 10.3. The number of anilines is 1. The van der Waals surface area contributed by atoms with Crippen LogP contribution in [-0.2, 0) is 6.54 Å². The van der Waals surface area contributed by atoms with E-state index in [1.54, 1.807) is 11.8 Å². The number of hydrogen-bond acceptors (Lipinski definition) is 5. The molecule has 0 atom stereocenters. The fraction of sp³-hybridized carbons (Fsp3) is 0.182. The molecule has 94 valence electrons. The maximum Gasteiger partial charge on any atom is 0.358 e. The van der Waals surface area contributed by atoms with Gasteiger partial charge in [-0.1, -0.05) is 5.21 Å². The van der Waals surface area contributed by atoms with Crippen molar-refractivity contribution in [1.29, 1.82) is 0 Å². The second-order valence-corrected chi connectivity index (χ2v) is 4.76. The molecule has 18 heavy (non-hydrogen) atoms. The molecule has 7 heteroatoms. The normalized spacial score (nSPS) is 10.4. The number of aromatic nitrogens is 3. The Morgan fingerprint density at radius 3 is 2.72 bits per heavy atom. The number of nitrogens with two attached hydrogens (primary N) is 1. The van der Waals surface area contributed by atoms with Gasteiger partial charge in [-0.3, -0.25) is 4.68 Å². The number of hydrogen-bond donors (Lipinski definition) is 2. The second-order valence-electron chi connectivity index (χ2n) is 3.59. The van der Waals surface area contributed by atoms with Crippen LogP contribution in [-0.4, -0.2) is 31.8 Å². The van der Waals surface area contributed by atoms with Crippen LogP contribution in [0.1, 0.15) is 10.5 Å². The molecule has 0 fully saturated rings. The lowest BCUT2D eigenvalue weighted by Crippen LogP contribution is -2.01. The standard InChI is InChI=1S/C11H12N4O2S/c12-8-1-3-9(4-2-8)18-6-5-15-7-10(11(16)17)13-14-15/h1-4,7H,5-6,12H2,(H,16,17). The van der Waals surface area contributed by atoms with Gasteiger partial charge in [0.2, 0.25) is 0 Å². The molecule has 2 aromatic rings. The van der Waals surface area contributed by atoms with Gasteiger partial charge >= 0.3 is 5.97 Å². The maximum atomic E-state index is 10.6. The minimum Gasteiger partial charge on any atom is -0.476 e. The molecule has 1 aromatic carbocycles. The van der Waals surface area contributed by atoms with E-state index in [1.165, 1.54) is 10.9 Å². The Hall–Kier alpha value is -2.02. The molecular formula is C11H12N4O2S. The molecule has 3 N–H and O–H groups in total. The van der Waals surface area contributed by atoms with Crippen molar-refractivity contribution in [2.75, 3.05) is 11.5 Å². The van der Waals surface area contributed by atoms with E-state index >= 15 is 0 Å². The van der Waals surface area contributed by atoms with E-state index in [0.29, 0.717) is 6.54 Å². The zero-order valence-corrected chi connectivity index (χ0v) is 10.3. The Balaban J connectivity index is 1.84. The molecule has 0 radical (unpaired) electrons. The van der Waals surface area contributed by atoms with Crippen molar-refractivity contribution in [2.45, 2.75) is 11.4 Å². The van der Waals surface area contributed by atoms with E-state index in [-0.39, 0.29) is 5.69 Å². The number of aromatic carboxylic acids is 1. The lowest BCUT2D eigenvalue weighted by molar-refractivity contribution is 0.0690. The summed E-state index contributed by atoms with van der Waals surface area (Å²) in [6, 6.07) is 7.59. The molecule has 2 rings (SSSR count). The smallest absolute Gasteiger partial charge is 0.358 e. The summed E-state index contributed by atoms with van der Waals surface area (Å²) < 4.78 is 1.52. The Morgan fingerprint density at radius 2 is 2.11 bits per heavy atom. The van der Waals surface area contributed by atoms with Gasteiger partial charge in [-0.05, 0) is 24.3 Å². The van der Waals surface area contributed by atoms with Crippen molar-refractivity contribution in [3.8, 4) is 0 Å². The van der Waals surface area contributed by atoms with E-state index in [9.17, 15) is 4.79 Å². The summed E-state index contributed by atoms with van der Waals surface area (Å²) in [5, 5.41) is 16.0. The zero-order chi connectivity index (χ0) is 13.0. The van der Waals surface area contributed by atoms with E-state index < -0.39 is 5.97 Å². The molecule has 0 aliphatic rings. The van der Waals surface area contributed by atoms with Gasteiger partial charge in [-0.2, -0.15) is 0 Å². The van der Waals surface area contributed by atoms with Crippen LogP contribution in [0.4, 0.5) is 5.69 Å². The van der Waals surface area contributed by atoms with E-state index in [0.717, 1.165) is 16.3 Å². The van der Waals surface area contributed by atoms with E-state index in [1.807, 2.05) is 24.3 Å². The number of carboxylic acids is 1. The van der Waals surface area contributed by atoms with Crippen molar-refractivity contribution in [3.05, 3.63) is 36.2 Å². The number of nitrogens with zero attached hydrogens (tertiary/aromatic N) is 3. The van der Waals surface area contributed by atoms with Crippen LogP contribution in [0.2, 0.25) is 0 Å². The quantitative estimate of drug-likeness (QED) is 0.625. The number of benzene rings is 1. The van der Waals surface area contributed by atoms with Crippen LogP contribution >= 0.6 is 11.8 Å². The largest absolute Gasteiger partial charge is 0.476 e. The number of nitrogen functional groups attached to an aromatic ring is 1. The fourth-order valence-corrected chi connectivity index (χ4v) is 2.17. The molecular weight excluding hydrogens is 252 g/mol. The van der Waals surface area contributed by atoms with Crippen LogP contribution < -0.4 is 5.73 Å². The molecule has 1 aromatic heterocycles. The molecule has 0 spiro atoms. The summed E-state index contributed by atoms with van der Waals surface area (Å²) >= 11 is 1.65. The van der Waals surface area contributed by atoms with Gasteiger partial charge in [0.1, 0.15) is 0 Å². The lowest BCUT2D eigenvalue weighted by Gasteiger charge is -2.01. The average Bonchev–Trinajstić information content (AvgIpc) is 2.81. The molecule has 0 aliphatic carbocycles. The molecule has 6 nitrogen and oxygen atoms in total. The summed E-state index contributed by atoms with van der Waals surface area (Å²) in [5.74, 6) is -0.278. The SMILES string of the molecule is Nc1ccc(SCCn2cc(C(=O)O)nn2)cc1. The Labute approximate surface area is 108 Å². The van der Waals surface area contributed by atoms with Gasteiger partial charge < -0.3 is 10.8 Å². The third-order valence-electron chi connectivity index (χ3n) is 2.23. The molecule has 0 bridgehead atoms. The highest BCUT2D eigenvalue weighted by atomic mass is 32.2. The first-order valence-electron chi connectivity index (χ1n) is 5.27. The molecule has 0 unspecified atom stereocenters. The Morgan fingerprint density at radius 1 is 1.39 bits per heavy atom. The minimum atomic E-state index is -1.06. The number of thioether (sulfide) groups is 1. The third kappa shape index (κ3) is 3.24. The third-order valence-corrected chi connectivity index (χ3v) is 3.22. The van der Waals surface area contributed by atoms with E-state index in [4.69, 9.17) is 10.8 Å². The highest BCUT2D eigenvalue weighted by molar-refractivity contribution is 7.99. The van der Waals surface area contributed by atoms with Crippen molar-refractivity contribution in [3.63, 3.8) is 0 Å². The second kappa shape index (κ2) is 5.54. The summed E-state index contributed by atoms with van der Waals surface area (Å²) in [6.45, 7) is 0.606. The van der Waals surface area contributed by atoms with Crippen molar-refractivity contribution < 1.29 is 9.90 Å². The van der Waals surface area contributed by atoms with Gasteiger partial charge in [0, 0.05) is 16.3 Å². The molecule has 0 saturated heterocycles. The highest BCUT2D eigenvalue weighted by Gasteiger charge is 2.07. The molecule has 0 amide bonds. The van der Waals surface area contributed by atoms with Crippen LogP contribution in [0.3, 0.4) is 0 Å². The topological polar surface area (TPSA) is 94.0 Å². The predicted octanol–water partition coefficient (Wildman–Crippen LogP) is 1.35. The number of rotatable bonds is 5. The average molecular weight is 264 g/mol. The molecule has 0 aliphatic heterocycles. The van der Waals surface area contributed by atoms with Gasteiger partial charge in [-0.15, -0.1) is 16.9 Å². The summed E-state index contributed by atoms with van der Waals surface area (Å²) in [7, 11) is 0. The highest BCUT2D eigenvalue weighted by Crippen LogP contribution is 2.19. The van der Waals surface area contributed by atoms with Crippen LogP contribution in [0, 0.1) is 0 Å². The number of carbonyl (C=O) groups is 1.